The van der Waals surface area contributed by atoms with E-state index >= 15 is 0 Å². The van der Waals surface area contributed by atoms with E-state index in [1.807, 2.05) is 6.07 Å². The van der Waals surface area contributed by atoms with Gasteiger partial charge in [-0.15, -0.1) is 0 Å². The van der Waals surface area contributed by atoms with Crippen molar-refractivity contribution in [2.45, 2.75) is 73.7 Å². The summed E-state index contributed by atoms with van der Waals surface area (Å²) in [5.74, 6) is -0.241. The molecule has 1 N–H and O–H groups in total. The Balaban J connectivity index is 1.23. The van der Waals surface area contributed by atoms with Gasteiger partial charge in [0.05, 0.1) is 16.2 Å². The molecule has 6 rings (SSSR count). The number of halogens is 1. The predicted octanol–water partition coefficient (Wildman–Crippen LogP) is 3.94. The lowest BCUT2D eigenvalue weighted by Gasteiger charge is -2.29. The highest BCUT2D eigenvalue weighted by molar-refractivity contribution is 7.92. The Hall–Kier alpha value is -2.74. The summed E-state index contributed by atoms with van der Waals surface area (Å²) in [7, 11) is -3.41. The van der Waals surface area contributed by atoms with Gasteiger partial charge in [-0.3, -0.25) is 9.59 Å². The summed E-state index contributed by atoms with van der Waals surface area (Å²) >= 11 is 0. The third-order valence-electron chi connectivity index (χ3n) is 7.96. The molecule has 0 bridgehead atoms. The molecule has 0 radical (unpaired) electrons. The van der Waals surface area contributed by atoms with Crippen LogP contribution in [0.3, 0.4) is 0 Å². The number of amides is 2. The van der Waals surface area contributed by atoms with Gasteiger partial charge in [-0.05, 0) is 92.7 Å². The van der Waals surface area contributed by atoms with E-state index in [9.17, 15) is 22.4 Å². The Labute approximate surface area is 204 Å². The molecule has 2 amide bonds. The first kappa shape index (κ1) is 22.7. The standard InChI is InChI=1S/C27H29FN2O4S/c1-15-5-6-17(12-22(15)28)25(16-7-8-16)29-26(31)24-14-19-13-23(19)30(24)27(32)18-3-2-4-21(11-18)35(33,34)20-9-10-20/h2-6,11-12,16,19-20,23-25H,7-10,13-14H2,1H3,(H,29,31)/t19-,23-,24-,25-/m1/s1. The van der Waals surface area contributed by atoms with E-state index in [-0.39, 0.29) is 45.8 Å². The second-order valence-corrected chi connectivity index (χ2v) is 12.9. The molecule has 2 aromatic rings. The molecule has 2 aromatic carbocycles. The van der Waals surface area contributed by atoms with Gasteiger partial charge < -0.3 is 10.2 Å². The zero-order chi connectivity index (χ0) is 24.5. The molecule has 1 saturated heterocycles. The highest BCUT2D eigenvalue weighted by Gasteiger charge is 2.56. The summed E-state index contributed by atoms with van der Waals surface area (Å²) in [5, 5.41) is 2.77. The Kier molecular flexibility index (Phi) is 5.29. The van der Waals surface area contributed by atoms with Gasteiger partial charge in [0.15, 0.2) is 9.84 Å². The number of nitrogens with one attached hydrogen (secondary N) is 1. The Morgan fingerprint density at radius 2 is 1.83 bits per heavy atom. The van der Waals surface area contributed by atoms with Crippen molar-refractivity contribution in [3.8, 4) is 0 Å². The summed E-state index contributed by atoms with van der Waals surface area (Å²) in [6.45, 7) is 1.71. The van der Waals surface area contributed by atoms with Crippen molar-refractivity contribution in [1.29, 1.82) is 0 Å². The maximum absolute atomic E-state index is 14.2. The van der Waals surface area contributed by atoms with E-state index in [1.54, 1.807) is 36.1 Å². The molecule has 1 aliphatic heterocycles. The average Bonchev–Trinajstić information content (AvgIpc) is 3.71. The number of carbonyl (C=O) groups excluding carboxylic acids is 2. The van der Waals surface area contributed by atoms with Crippen LogP contribution >= 0.6 is 0 Å². The first-order valence-corrected chi connectivity index (χ1v) is 14.0. The summed E-state index contributed by atoms with van der Waals surface area (Å²) in [6.07, 6.45) is 4.73. The van der Waals surface area contributed by atoms with Gasteiger partial charge in [0.1, 0.15) is 11.9 Å². The van der Waals surface area contributed by atoms with Crippen LogP contribution in [-0.2, 0) is 14.6 Å². The van der Waals surface area contributed by atoms with Crippen LogP contribution in [0.2, 0.25) is 0 Å². The fourth-order valence-corrected chi connectivity index (χ4v) is 7.16. The number of hydrogen-bond acceptors (Lipinski definition) is 4. The van der Waals surface area contributed by atoms with Crippen molar-refractivity contribution in [3.63, 3.8) is 0 Å². The third kappa shape index (κ3) is 4.15. The minimum Gasteiger partial charge on any atom is -0.347 e. The quantitative estimate of drug-likeness (QED) is 0.629. The fraction of sp³-hybridized carbons (Fsp3) is 0.481. The van der Waals surface area contributed by atoms with Gasteiger partial charge in [0.2, 0.25) is 5.91 Å². The summed E-state index contributed by atoms with van der Waals surface area (Å²) in [6, 6.07) is 10.5. The molecule has 35 heavy (non-hydrogen) atoms. The zero-order valence-electron chi connectivity index (χ0n) is 19.6. The molecular weight excluding hydrogens is 467 g/mol. The topological polar surface area (TPSA) is 83.6 Å². The van der Waals surface area contributed by atoms with E-state index in [0.717, 1.165) is 24.8 Å². The Morgan fingerprint density at radius 1 is 1.06 bits per heavy atom. The highest BCUT2D eigenvalue weighted by atomic mass is 32.2. The van der Waals surface area contributed by atoms with Crippen LogP contribution in [0, 0.1) is 24.6 Å². The lowest BCUT2D eigenvalue weighted by molar-refractivity contribution is -0.126. The number of nitrogens with zero attached hydrogens (tertiary/aromatic N) is 1. The normalized spacial score (nSPS) is 26.2. The molecule has 0 spiro atoms. The van der Waals surface area contributed by atoms with Gasteiger partial charge in [0.25, 0.3) is 5.91 Å². The first-order chi connectivity index (χ1) is 16.7. The van der Waals surface area contributed by atoms with Gasteiger partial charge in [-0.25, -0.2) is 12.8 Å². The zero-order valence-corrected chi connectivity index (χ0v) is 20.4. The van der Waals surface area contributed by atoms with Crippen molar-refractivity contribution < 1.29 is 22.4 Å². The molecule has 4 fully saturated rings. The third-order valence-corrected chi connectivity index (χ3v) is 10.2. The van der Waals surface area contributed by atoms with Crippen molar-refractivity contribution >= 4 is 21.7 Å². The van der Waals surface area contributed by atoms with Gasteiger partial charge >= 0.3 is 0 Å². The highest BCUT2D eigenvalue weighted by Crippen LogP contribution is 2.49. The molecule has 0 unspecified atom stereocenters. The van der Waals surface area contributed by atoms with Crippen LogP contribution in [-0.4, -0.2) is 42.5 Å². The maximum atomic E-state index is 14.2. The van der Waals surface area contributed by atoms with Crippen LogP contribution in [0.5, 0.6) is 0 Å². The second kappa shape index (κ2) is 8.15. The van der Waals surface area contributed by atoms with Crippen LogP contribution in [0.15, 0.2) is 47.4 Å². The summed E-state index contributed by atoms with van der Waals surface area (Å²) in [5.41, 5.74) is 1.62. The van der Waals surface area contributed by atoms with Crippen molar-refractivity contribution in [2.75, 3.05) is 0 Å². The molecule has 6 nitrogen and oxygen atoms in total. The number of benzene rings is 2. The predicted molar refractivity (Wildman–Crippen MR) is 128 cm³/mol. The average molecular weight is 497 g/mol. The van der Waals surface area contributed by atoms with Gasteiger partial charge in [-0.1, -0.05) is 18.2 Å². The van der Waals surface area contributed by atoms with Crippen LogP contribution in [0.25, 0.3) is 0 Å². The van der Waals surface area contributed by atoms with Crippen molar-refractivity contribution in [3.05, 3.63) is 65.0 Å². The minimum absolute atomic E-state index is 0.0122. The van der Waals surface area contributed by atoms with Crippen LogP contribution < -0.4 is 5.32 Å². The molecule has 184 valence electrons. The molecule has 8 heteroatoms. The van der Waals surface area contributed by atoms with Gasteiger partial charge in [0, 0.05) is 11.6 Å². The monoisotopic (exact) mass is 496 g/mol. The molecule has 0 aromatic heterocycles. The van der Waals surface area contributed by atoms with E-state index in [1.165, 1.54) is 12.1 Å². The van der Waals surface area contributed by atoms with E-state index < -0.39 is 15.9 Å². The minimum atomic E-state index is -3.41. The summed E-state index contributed by atoms with van der Waals surface area (Å²) in [4.78, 5) is 28.8. The van der Waals surface area contributed by atoms with Crippen molar-refractivity contribution in [2.24, 2.45) is 11.8 Å². The maximum Gasteiger partial charge on any atom is 0.254 e. The number of carbonyl (C=O) groups is 2. The Morgan fingerprint density at radius 3 is 2.51 bits per heavy atom. The lowest BCUT2D eigenvalue weighted by atomic mass is 9.99. The van der Waals surface area contributed by atoms with Gasteiger partial charge in [-0.2, -0.15) is 0 Å². The number of hydrogen-bond donors (Lipinski definition) is 1. The van der Waals surface area contributed by atoms with Crippen molar-refractivity contribution in [1.82, 2.24) is 10.2 Å². The van der Waals surface area contributed by atoms with E-state index in [4.69, 9.17) is 0 Å². The molecule has 3 saturated carbocycles. The molecule has 3 aliphatic carbocycles. The Bertz CT molecular complexity index is 1320. The van der Waals surface area contributed by atoms with E-state index in [2.05, 4.69) is 5.32 Å². The van der Waals surface area contributed by atoms with Crippen LogP contribution in [0.1, 0.15) is 66.1 Å². The molecule has 1 heterocycles. The molecule has 4 atom stereocenters. The molecule has 4 aliphatic rings. The number of fused-ring (bicyclic) bond motifs is 1. The first-order valence-electron chi connectivity index (χ1n) is 12.5. The smallest absolute Gasteiger partial charge is 0.254 e. The largest absolute Gasteiger partial charge is 0.347 e. The number of sulfone groups is 1. The van der Waals surface area contributed by atoms with Crippen LogP contribution in [0.4, 0.5) is 4.39 Å². The molecular formula is C27H29FN2O4S. The number of aryl methyl sites for hydroxylation is 1. The summed E-state index contributed by atoms with van der Waals surface area (Å²) < 4.78 is 39.6. The number of likely N-dealkylation sites (tertiary alicyclic amines) is 1. The lowest BCUT2D eigenvalue weighted by Crippen LogP contribution is -2.49. The number of piperidine rings is 1. The second-order valence-electron chi connectivity index (χ2n) is 10.6. The van der Waals surface area contributed by atoms with E-state index in [0.29, 0.717) is 36.3 Å². The fourth-order valence-electron chi connectivity index (χ4n) is 5.46. The SMILES string of the molecule is Cc1ccc([C@H](NC(=O)[C@H]2C[C@H]3C[C@H]3N2C(=O)c2cccc(S(=O)(=O)C3CC3)c2)C2CC2)cc1F. The number of rotatable bonds is 7.